The fraction of sp³-hybridized carbons (Fsp3) is 0.783. The monoisotopic (exact) mass is 1050 g/mol. The molecule has 0 saturated heterocycles. The van der Waals surface area contributed by atoms with E-state index in [2.05, 4.69) is 93.7 Å². The third-order valence-corrected chi connectivity index (χ3v) is 14.2. The van der Waals surface area contributed by atoms with Gasteiger partial charge in [-0.3, -0.25) is 14.4 Å². The van der Waals surface area contributed by atoms with Gasteiger partial charge in [0, 0.05) is 19.3 Å². The first-order chi connectivity index (χ1) is 37.0. The molecule has 6 nitrogen and oxygen atoms in total. The van der Waals surface area contributed by atoms with Crippen LogP contribution in [0.1, 0.15) is 329 Å². The van der Waals surface area contributed by atoms with Gasteiger partial charge in [0.15, 0.2) is 6.10 Å². The molecule has 6 heteroatoms. The van der Waals surface area contributed by atoms with Crippen LogP contribution in [-0.4, -0.2) is 37.2 Å². The van der Waals surface area contributed by atoms with Gasteiger partial charge in [0.05, 0.1) is 0 Å². The van der Waals surface area contributed by atoms with Crippen LogP contribution in [0, 0.1) is 0 Å². The van der Waals surface area contributed by atoms with Crippen LogP contribution in [0.3, 0.4) is 0 Å². The molecule has 0 saturated carbocycles. The number of hydrogen-bond acceptors (Lipinski definition) is 6. The Morgan fingerprint density at radius 1 is 0.267 bits per heavy atom. The predicted molar refractivity (Wildman–Crippen MR) is 325 cm³/mol. The van der Waals surface area contributed by atoms with Crippen molar-refractivity contribution in [1.29, 1.82) is 0 Å². The van der Waals surface area contributed by atoms with E-state index in [0.717, 1.165) is 83.5 Å². The number of allylic oxidation sites excluding steroid dienone is 12. The summed E-state index contributed by atoms with van der Waals surface area (Å²) in [5, 5.41) is 0. The smallest absolute Gasteiger partial charge is 0.306 e. The van der Waals surface area contributed by atoms with Gasteiger partial charge in [-0.15, -0.1) is 0 Å². The van der Waals surface area contributed by atoms with Crippen molar-refractivity contribution in [3.8, 4) is 0 Å². The second-order valence-electron chi connectivity index (χ2n) is 21.7. The van der Waals surface area contributed by atoms with E-state index in [1.807, 2.05) is 0 Å². The molecule has 0 spiro atoms. The van der Waals surface area contributed by atoms with Crippen molar-refractivity contribution in [2.45, 2.75) is 335 Å². The van der Waals surface area contributed by atoms with E-state index in [0.29, 0.717) is 19.3 Å². The van der Waals surface area contributed by atoms with Gasteiger partial charge in [-0.2, -0.15) is 0 Å². The zero-order valence-electron chi connectivity index (χ0n) is 49.8. The number of rotatable bonds is 59. The van der Waals surface area contributed by atoms with Gasteiger partial charge in [-0.1, -0.05) is 267 Å². The standard InChI is InChI=1S/C69H122O6/c1-4-7-10-13-16-19-22-25-28-31-34-37-40-43-46-49-52-55-58-61-67(70)73-64-66(75-69(72)63-60-57-54-51-48-45-42-39-36-33-30-27-24-21-18-15-12-9-6-3)65-74-68(71)62-59-56-53-50-47-44-41-38-35-32-29-26-23-20-17-14-11-8-5-2/h16,19,25,28,32-37,43,46,66H,4-15,17-18,20-24,26-27,29-31,38-42,44-45,47-65H2,1-3H3/b19-16-,28-25-,35-32-,36-33-,37-34-,46-43-/t66-/m0/s1. The van der Waals surface area contributed by atoms with E-state index in [4.69, 9.17) is 14.2 Å². The van der Waals surface area contributed by atoms with Crippen molar-refractivity contribution in [3.05, 3.63) is 72.9 Å². The molecule has 0 N–H and O–H groups in total. The van der Waals surface area contributed by atoms with Crippen LogP contribution in [-0.2, 0) is 28.6 Å². The Morgan fingerprint density at radius 2 is 0.480 bits per heavy atom. The number of carbonyl (C=O) groups excluding carboxylic acids is 3. The molecule has 0 aliphatic carbocycles. The first kappa shape index (κ1) is 71.8. The number of esters is 3. The Balaban J connectivity index is 4.43. The second-order valence-corrected chi connectivity index (χ2v) is 21.7. The van der Waals surface area contributed by atoms with Crippen LogP contribution in [0.25, 0.3) is 0 Å². The molecular weight excluding hydrogens is 925 g/mol. The minimum Gasteiger partial charge on any atom is -0.462 e. The van der Waals surface area contributed by atoms with Crippen LogP contribution in [0.4, 0.5) is 0 Å². The summed E-state index contributed by atoms with van der Waals surface area (Å²) in [7, 11) is 0. The van der Waals surface area contributed by atoms with Crippen molar-refractivity contribution in [1.82, 2.24) is 0 Å². The zero-order valence-corrected chi connectivity index (χ0v) is 49.8. The molecule has 0 fully saturated rings. The van der Waals surface area contributed by atoms with Crippen LogP contribution in [0.2, 0.25) is 0 Å². The Hall–Kier alpha value is -3.15. The zero-order chi connectivity index (χ0) is 54.3. The molecule has 0 heterocycles. The molecule has 0 radical (unpaired) electrons. The highest BCUT2D eigenvalue weighted by Crippen LogP contribution is 2.16. The third-order valence-electron chi connectivity index (χ3n) is 14.2. The third kappa shape index (κ3) is 61.6. The maximum absolute atomic E-state index is 12.9. The van der Waals surface area contributed by atoms with Crippen molar-refractivity contribution in [2.75, 3.05) is 13.2 Å². The molecule has 434 valence electrons. The van der Waals surface area contributed by atoms with E-state index >= 15 is 0 Å². The summed E-state index contributed by atoms with van der Waals surface area (Å²) < 4.78 is 16.9. The normalized spacial score (nSPS) is 12.5. The summed E-state index contributed by atoms with van der Waals surface area (Å²) >= 11 is 0. The average molecular weight is 1050 g/mol. The largest absolute Gasteiger partial charge is 0.462 e. The fourth-order valence-electron chi connectivity index (χ4n) is 9.24. The van der Waals surface area contributed by atoms with E-state index in [1.165, 1.54) is 205 Å². The molecule has 0 bridgehead atoms. The molecule has 0 amide bonds. The topological polar surface area (TPSA) is 78.9 Å². The summed E-state index contributed by atoms with van der Waals surface area (Å²) in [6.45, 7) is 6.62. The first-order valence-corrected chi connectivity index (χ1v) is 32.4. The fourth-order valence-corrected chi connectivity index (χ4v) is 9.24. The number of ether oxygens (including phenoxy) is 3. The van der Waals surface area contributed by atoms with Gasteiger partial charge in [0.2, 0.25) is 0 Å². The summed E-state index contributed by atoms with van der Waals surface area (Å²) in [5.74, 6) is -0.914. The molecule has 0 aliphatic heterocycles. The molecule has 0 unspecified atom stereocenters. The molecule has 1 atom stereocenters. The second kappa shape index (κ2) is 63.4. The highest BCUT2D eigenvalue weighted by atomic mass is 16.6. The lowest BCUT2D eigenvalue weighted by molar-refractivity contribution is -0.167. The molecule has 0 aliphatic rings. The van der Waals surface area contributed by atoms with E-state index in [9.17, 15) is 14.4 Å². The number of unbranched alkanes of at least 4 members (excludes halogenated alkanes) is 36. The highest BCUT2D eigenvalue weighted by Gasteiger charge is 2.19. The molecule has 0 aromatic heterocycles. The van der Waals surface area contributed by atoms with Crippen LogP contribution in [0.5, 0.6) is 0 Å². The molecule has 0 aromatic carbocycles. The van der Waals surface area contributed by atoms with Gasteiger partial charge < -0.3 is 14.2 Å². The molecule has 0 aromatic rings. The van der Waals surface area contributed by atoms with Gasteiger partial charge in [0.1, 0.15) is 13.2 Å². The van der Waals surface area contributed by atoms with Gasteiger partial charge in [-0.25, -0.2) is 0 Å². The van der Waals surface area contributed by atoms with Gasteiger partial charge in [0.25, 0.3) is 0 Å². The Morgan fingerprint density at radius 3 is 0.800 bits per heavy atom. The summed E-state index contributed by atoms with van der Waals surface area (Å²) in [6, 6.07) is 0. The Labute approximate surface area is 465 Å². The van der Waals surface area contributed by atoms with Crippen molar-refractivity contribution in [2.24, 2.45) is 0 Å². The SMILES string of the molecule is CCCCC/C=C\C/C=C\C/C=C\C/C=C\CCCCCC(=O)OC[C@@H](COC(=O)CCCCCCCCC/C=C\CCCCCCCCCC)OC(=O)CCCCCCCCC/C=C\CCCCCCCCCC. The van der Waals surface area contributed by atoms with Crippen LogP contribution >= 0.6 is 0 Å². The quantitative estimate of drug-likeness (QED) is 0.0261. The Bertz CT molecular complexity index is 1390. The lowest BCUT2D eigenvalue weighted by Crippen LogP contribution is -2.30. The van der Waals surface area contributed by atoms with Crippen molar-refractivity contribution >= 4 is 17.9 Å². The first-order valence-electron chi connectivity index (χ1n) is 32.4. The van der Waals surface area contributed by atoms with Crippen LogP contribution < -0.4 is 0 Å². The summed E-state index contributed by atoms with van der Waals surface area (Å²) in [5.41, 5.74) is 0. The summed E-state index contributed by atoms with van der Waals surface area (Å²) in [4.78, 5) is 38.3. The van der Waals surface area contributed by atoms with E-state index in [1.54, 1.807) is 0 Å². The van der Waals surface area contributed by atoms with E-state index in [-0.39, 0.29) is 31.1 Å². The average Bonchev–Trinajstić information content (AvgIpc) is 3.41. The Kier molecular flexibility index (Phi) is 60.7. The van der Waals surface area contributed by atoms with Crippen molar-refractivity contribution < 1.29 is 28.6 Å². The lowest BCUT2D eigenvalue weighted by Gasteiger charge is -2.18. The number of hydrogen-bond donors (Lipinski definition) is 0. The molecule has 75 heavy (non-hydrogen) atoms. The minimum atomic E-state index is -0.794. The predicted octanol–water partition coefficient (Wildman–Crippen LogP) is 22.1. The molecular formula is C69H122O6. The van der Waals surface area contributed by atoms with Crippen LogP contribution in [0.15, 0.2) is 72.9 Å². The lowest BCUT2D eigenvalue weighted by atomic mass is 10.1. The minimum absolute atomic E-state index is 0.0884. The van der Waals surface area contributed by atoms with Crippen molar-refractivity contribution in [3.63, 3.8) is 0 Å². The molecule has 0 rings (SSSR count). The van der Waals surface area contributed by atoms with Gasteiger partial charge >= 0.3 is 17.9 Å². The maximum atomic E-state index is 12.9. The maximum Gasteiger partial charge on any atom is 0.306 e. The highest BCUT2D eigenvalue weighted by molar-refractivity contribution is 5.71. The van der Waals surface area contributed by atoms with Gasteiger partial charge in [-0.05, 0) is 116 Å². The van der Waals surface area contributed by atoms with E-state index < -0.39 is 6.10 Å². The summed E-state index contributed by atoms with van der Waals surface area (Å²) in [6.07, 6.45) is 81.9. The number of carbonyl (C=O) groups is 3.